The van der Waals surface area contributed by atoms with Crippen molar-refractivity contribution < 1.29 is 27.6 Å². The normalized spacial score (nSPS) is 16.0. The standard InChI is InChI=1S/C15H31N3O6Si/c1-6-8-18(25(21-3,22-4)23-5)15(20)17-11-9-16(10-12-17)13-14(19)24-7-2/h6-13H2,1-5H3. The summed E-state index contributed by atoms with van der Waals surface area (Å²) in [6.07, 6.45) is 0.763. The first-order chi connectivity index (χ1) is 12.0. The van der Waals surface area contributed by atoms with E-state index < -0.39 is 8.97 Å². The molecule has 0 bridgehead atoms. The van der Waals surface area contributed by atoms with Crippen molar-refractivity contribution in [2.75, 3.05) is 67.2 Å². The first-order valence-electron chi connectivity index (χ1n) is 8.57. The summed E-state index contributed by atoms with van der Waals surface area (Å²) < 4.78 is 22.9. The van der Waals surface area contributed by atoms with Crippen molar-refractivity contribution in [3.05, 3.63) is 0 Å². The highest BCUT2D eigenvalue weighted by Gasteiger charge is 2.50. The molecule has 146 valence electrons. The highest BCUT2D eigenvalue weighted by molar-refractivity contribution is 6.60. The van der Waals surface area contributed by atoms with Gasteiger partial charge in [-0.3, -0.25) is 14.3 Å². The van der Waals surface area contributed by atoms with Gasteiger partial charge < -0.3 is 22.9 Å². The van der Waals surface area contributed by atoms with Gasteiger partial charge in [0.25, 0.3) is 0 Å². The predicted octanol–water partition coefficient (Wildman–Crippen LogP) is 0.374. The van der Waals surface area contributed by atoms with Crippen molar-refractivity contribution in [2.45, 2.75) is 20.3 Å². The van der Waals surface area contributed by atoms with E-state index in [2.05, 4.69) is 0 Å². The molecule has 0 radical (unpaired) electrons. The molecule has 0 unspecified atom stereocenters. The lowest BCUT2D eigenvalue weighted by molar-refractivity contribution is -0.144. The summed E-state index contributed by atoms with van der Waals surface area (Å²) in [6, 6.07) is -0.158. The maximum absolute atomic E-state index is 13.0. The average molecular weight is 378 g/mol. The van der Waals surface area contributed by atoms with Crippen LogP contribution >= 0.6 is 0 Å². The topological polar surface area (TPSA) is 80.8 Å². The fraction of sp³-hybridized carbons (Fsp3) is 0.867. The minimum atomic E-state index is -3.21. The summed E-state index contributed by atoms with van der Waals surface area (Å²) in [6.45, 7) is 7.18. The van der Waals surface area contributed by atoms with E-state index in [-0.39, 0.29) is 18.5 Å². The van der Waals surface area contributed by atoms with Gasteiger partial charge in [-0.05, 0) is 13.3 Å². The van der Waals surface area contributed by atoms with Crippen molar-refractivity contribution in [3.63, 3.8) is 0 Å². The smallest absolute Gasteiger partial charge is 0.465 e. The highest BCUT2D eigenvalue weighted by atomic mass is 28.4. The van der Waals surface area contributed by atoms with Crippen LogP contribution < -0.4 is 0 Å². The molecular formula is C15H31N3O6Si. The number of urea groups is 1. The van der Waals surface area contributed by atoms with Gasteiger partial charge in [-0.2, -0.15) is 0 Å². The van der Waals surface area contributed by atoms with Gasteiger partial charge in [0.2, 0.25) is 0 Å². The average Bonchev–Trinajstić information content (AvgIpc) is 2.63. The van der Waals surface area contributed by atoms with Crippen molar-refractivity contribution in [3.8, 4) is 0 Å². The van der Waals surface area contributed by atoms with Gasteiger partial charge in [0.05, 0.1) is 13.2 Å². The van der Waals surface area contributed by atoms with E-state index in [4.69, 9.17) is 18.0 Å². The third-order valence-electron chi connectivity index (χ3n) is 4.08. The van der Waals surface area contributed by atoms with Crippen molar-refractivity contribution in [1.29, 1.82) is 0 Å². The molecule has 1 aliphatic heterocycles. The number of nitrogens with zero attached hydrogens (tertiary/aromatic N) is 3. The maximum Gasteiger partial charge on any atom is 0.636 e. The van der Waals surface area contributed by atoms with Crippen molar-refractivity contribution in [2.24, 2.45) is 0 Å². The molecule has 10 heteroatoms. The number of piperazine rings is 1. The Hall–Kier alpha value is -1.20. The summed E-state index contributed by atoms with van der Waals surface area (Å²) in [4.78, 5) is 28.3. The Labute approximate surface area is 151 Å². The zero-order valence-corrected chi connectivity index (χ0v) is 16.9. The van der Waals surface area contributed by atoms with E-state index in [0.29, 0.717) is 39.3 Å². The molecule has 25 heavy (non-hydrogen) atoms. The third kappa shape index (κ3) is 5.64. The molecule has 0 saturated carbocycles. The molecule has 1 saturated heterocycles. The van der Waals surface area contributed by atoms with Gasteiger partial charge >= 0.3 is 21.0 Å². The number of ether oxygens (including phenoxy) is 1. The quantitative estimate of drug-likeness (QED) is 0.424. The number of hydrogen-bond acceptors (Lipinski definition) is 7. The molecule has 0 spiro atoms. The second kappa shape index (κ2) is 10.7. The number of carbonyl (C=O) groups excluding carboxylic acids is 2. The minimum absolute atomic E-state index is 0.158. The van der Waals surface area contributed by atoms with Crippen molar-refractivity contribution in [1.82, 2.24) is 14.4 Å². The largest absolute Gasteiger partial charge is 0.636 e. The second-order valence-corrected chi connectivity index (χ2v) is 8.45. The monoisotopic (exact) mass is 377 g/mol. The van der Waals surface area contributed by atoms with Crippen LogP contribution in [0.25, 0.3) is 0 Å². The fourth-order valence-corrected chi connectivity index (χ4v) is 4.85. The Balaban J connectivity index is 2.70. The Bertz CT molecular complexity index is 419. The summed E-state index contributed by atoms with van der Waals surface area (Å²) in [5.41, 5.74) is 0. The number of hydrogen-bond donors (Lipinski definition) is 0. The van der Waals surface area contributed by atoms with E-state index in [9.17, 15) is 9.59 Å². The van der Waals surface area contributed by atoms with Crippen LogP contribution in [-0.4, -0.2) is 103 Å². The zero-order valence-electron chi connectivity index (χ0n) is 15.9. The van der Waals surface area contributed by atoms with E-state index in [1.807, 2.05) is 11.8 Å². The van der Waals surface area contributed by atoms with Crippen LogP contribution in [0.15, 0.2) is 0 Å². The summed E-state index contributed by atoms with van der Waals surface area (Å²) in [5.74, 6) is -0.237. The van der Waals surface area contributed by atoms with E-state index in [1.54, 1.807) is 16.4 Å². The molecular weight excluding hydrogens is 346 g/mol. The minimum Gasteiger partial charge on any atom is -0.465 e. The number of rotatable bonds is 9. The Morgan fingerprint density at radius 3 is 2.00 bits per heavy atom. The molecule has 0 N–H and O–H groups in total. The van der Waals surface area contributed by atoms with Crippen LogP contribution in [0.5, 0.6) is 0 Å². The summed E-state index contributed by atoms with van der Waals surface area (Å²) in [7, 11) is 1.26. The molecule has 2 amide bonds. The van der Waals surface area contributed by atoms with Crippen LogP contribution in [0.3, 0.4) is 0 Å². The van der Waals surface area contributed by atoms with Crippen molar-refractivity contribution >= 4 is 21.0 Å². The number of esters is 1. The van der Waals surface area contributed by atoms with Crippen LogP contribution in [-0.2, 0) is 22.8 Å². The van der Waals surface area contributed by atoms with Gasteiger partial charge in [-0.15, -0.1) is 0 Å². The van der Waals surface area contributed by atoms with Gasteiger partial charge in [-0.25, -0.2) is 4.79 Å². The third-order valence-corrected chi connectivity index (χ3v) is 6.71. The predicted molar refractivity (Wildman–Crippen MR) is 93.8 cm³/mol. The molecule has 0 aromatic carbocycles. The van der Waals surface area contributed by atoms with Gasteiger partial charge in [-0.1, -0.05) is 6.92 Å². The molecule has 9 nitrogen and oxygen atoms in total. The SMILES string of the molecule is CCCN(C(=O)N1CCN(CC(=O)OCC)CC1)[Si](OC)(OC)OC. The number of carbonyl (C=O) groups is 2. The lowest BCUT2D eigenvalue weighted by Crippen LogP contribution is -2.65. The first kappa shape index (κ1) is 21.8. The molecule has 0 aliphatic carbocycles. The molecule has 1 fully saturated rings. The molecule has 1 rings (SSSR count). The first-order valence-corrected chi connectivity index (χ1v) is 10.2. The van der Waals surface area contributed by atoms with E-state index in [1.165, 1.54) is 21.3 Å². The fourth-order valence-electron chi connectivity index (χ4n) is 2.81. The Kier molecular flexibility index (Phi) is 9.36. The van der Waals surface area contributed by atoms with E-state index >= 15 is 0 Å². The lowest BCUT2D eigenvalue weighted by Gasteiger charge is -2.41. The summed E-state index contributed by atoms with van der Waals surface area (Å²) >= 11 is 0. The molecule has 0 aromatic rings. The molecule has 1 heterocycles. The summed E-state index contributed by atoms with van der Waals surface area (Å²) in [5, 5.41) is 0. The van der Waals surface area contributed by atoms with Crippen LogP contribution in [0.2, 0.25) is 0 Å². The van der Waals surface area contributed by atoms with E-state index in [0.717, 1.165) is 6.42 Å². The highest BCUT2D eigenvalue weighted by Crippen LogP contribution is 2.17. The lowest BCUT2D eigenvalue weighted by atomic mass is 10.3. The van der Waals surface area contributed by atoms with Crippen LogP contribution in [0, 0.1) is 0 Å². The zero-order chi connectivity index (χ0) is 18.9. The van der Waals surface area contributed by atoms with Crippen LogP contribution in [0.1, 0.15) is 20.3 Å². The van der Waals surface area contributed by atoms with Gasteiger partial charge in [0.15, 0.2) is 0 Å². The van der Waals surface area contributed by atoms with Gasteiger partial charge in [0.1, 0.15) is 0 Å². The number of amides is 2. The molecule has 1 aliphatic rings. The molecule has 0 aromatic heterocycles. The Morgan fingerprint density at radius 1 is 1.00 bits per heavy atom. The maximum atomic E-state index is 13.0. The molecule has 0 atom stereocenters. The Morgan fingerprint density at radius 2 is 1.56 bits per heavy atom. The van der Waals surface area contributed by atoms with Gasteiger partial charge in [0, 0.05) is 54.1 Å². The second-order valence-electron chi connectivity index (χ2n) is 5.64. The van der Waals surface area contributed by atoms with Crippen LogP contribution in [0.4, 0.5) is 4.79 Å².